The predicted octanol–water partition coefficient (Wildman–Crippen LogP) is 11.8. The second-order valence-corrected chi connectivity index (χ2v) is 13.5. The van der Waals surface area contributed by atoms with Crippen LogP contribution in [0.25, 0.3) is 11.1 Å². The van der Waals surface area contributed by atoms with Gasteiger partial charge in [-0.2, -0.15) is 0 Å². The maximum absolute atomic E-state index is 2.35. The van der Waals surface area contributed by atoms with Gasteiger partial charge in [-0.1, -0.05) is 143 Å². The Bertz CT molecular complexity index is 788. The molecule has 0 spiro atoms. The predicted molar refractivity (Wildman–Crippen MR) is 184 cm³/mol. The zero-order valence-electron chi connectivity index (χ0n) is 26.8. The van der Waals surface area contributed by atoms with Crippen molar-refractivity contribution in [3.8, 4) is 11.1 Å². The first-order valence-corrected chi connectivity index (χ1v) is 17.9. The molecule has 44 heavy (non-hydrogen) atoms. The molecule has 254 valence electrons. The van der Waals surface area contributed by atoms with Gasteiger partial charge in [-0.15, -0.1) is 0 Å². The largest absolute Gasteiger partial charge is 0.205 e. The molecule has 0 bridgehead atoms. The Labute approximate surface area is 295 Å². The first kappa shape index (κ1) is 43.3. The van der Waals surface area contributed by atoms with Crippen molar-refractivity contribution in [3.05, 3.63) is 49.1 Å². The topological polar surface area (TPSA) is 7.76 Å². The Kier molecular flexibility index (Phi) is 27.0. The van der Waals surface area contributed by atoms with Crippen LogP contribution in [-0.4, -0.2) is 0 Å². The smallest absolute Gasteiger partial charge is 0.169 e. The molecule has 0 aromatic carbocycles. The standard InChI is InChI=1S/C28H42N2.2C5H10.2CH4.2Fe/c1-2-10-25(9-1)13-5-7-19-29-21-15-27(16-22-29)28-17-23-30(24-18-28)20-8-6-14-26-11-3-4-12-26;2*1-2-4-5-3-1;;;;/h15-18,21-26H,1-14,19-20H2;2*1-5H2;2*1H4;;/q+2;;;;;;. The van der Waals surface area contributed by atoms with Crippen LogP contribution in [0, 0.1) is 11.8 Å². The van der Waals surface area contributed by atoms with Crippen molar-refractivity contribution in [2.45, 2.75) is 182 Å². The molecule has 4 saturated carbocycles. The van der Waals surface area contributed by atoms with Crippen molar-refractivity contribution in [1.82, 2.24) is 0 Å². The Morgan fingerprint density at radius 1 is 0.409 bits per heavy atom. The van der Waals surface area contributed by atoms with Gasteiger partial charge in [0.2, 0.25) is 0 Å². The van der Waals surface area contributed by atoms with Crippen LogP contribution >= 0.6 is 0 Å². The van der Waals surface area contributed by atoms with E-state index in [0.29, 0.717) is 0 Å². The van der Waals surface area contributed by atoms with Crippen molar-refractivity contribution in [1.29, 1.82) is 0 Å². The number of pyridine rings is 2. The Hall–Kier alpha value is -0.661. The molecule has 0 N–H and O–H groups in total. The van der Waals surface area contributed by atoms with E-state index in [1.54, 1.807) is 0 Å². The van der Waals surface area contributed by atoms with E-state index in [4.69, 9.17) is 0 Å². The van der Waals surface area contributed by atoms with Crippen molar-refractivity contribution in [3.63, 3.8) is 0 Å². The van der Waals surface area contributed by atoms with Gasteiger partial charge < -0.3 is 0 Å². The molecule has 2 aromatic heterocycles. The zero-order chi connectivity index (χ0) is 27.5. The van der Waals surface area contributed by atoms with Crippen LogP contribution in [0.15, 0.2) is 49.1 Å². The summed E-state index contributed by atoms with van der Waals surface area (Å²) in [6, 6.07) is 9.10. The third kappa shape index (κ3) is 17.9. The van der Waals surface area contributed by atoms with E-state index in [1.165, 1.54) is 165 Å². The fourth-order valence-electron chi connectivity index (χ4n) is 7.42. The summed E-state index contributed by atoms with van der Waals surface area (Å²) >= 11 is 0. The van der Waals surface area contributed by atoms with E-state index < -0.39 is 0 Å². The molecule has 0 unspecified atom stereocenters. The van der Waals surface area contributed by atoms with E-state index >= 15 is 0 Å². The van der Waals surface area contributed by atoms with Crippen molar-refractivity contribution in [2.24, 2.45) is 11.8 Å². The zero-order valence-corrected chi connectivity index (χ0v) is 29.0. The molecule has 4 heteroatoms. The molecule has 0 aliphatic heterocycles. The second-order valence-electron chi connectivity index (χ2n) is 13.5. The van der Waals surface area contributed by atoms with E-state index in [1.807, 2.05) is 0 Å². The third-order valence-corrected chi connectivity index (χ3v) is 10.1. The van der Waals surface area contributed by atoms with Crippen LogP contribution in [0.2, 0.25) is 0 Å². The summed E-state index contributed by atoms with van der Waals surface area (Å²) in [5.74, 6) is 2.07. The van der Waals surface area contributed by atoms with E-state index in [-0.39, 0.29) is 49.0 Å². The summed E-state index contributed by atoms with van der Waals surface area (Å²) in [5.41, 5.74) is 2.65. The van der Waals surface area contributed by atoms with Gasteiger partial charge in [0.15, 0.2) is 24.8 Å². The molecular formula is C40H70Fe2N2+2. The molecule has 2 nitrogen and oxygen atoms in total. The van der Waals surface area contributed by atoms with Gasteiger partial charge in [0, 0.05) is 71.2 Å². The maximum atomic E-state index is 2.35. The van der Waals surface area contributed by atoms with Crippen LogP contribution in [0.3, 0.4) is 0 Å². The van der Waals surface area contributed by atoms with Crippen molar-refractivity contribution < 1.29 is 43.3 Å². The first-order valence-electron chi connectivity index (χ1n) is 17.9. The average molecular weight is 691 g/mol. The van der Waals surface area contributed by atoms with Gasteiger partial charge in [0.25, 0.3) is 0 Å². The Balaban J connectivity index is 0.00000112. The fourth-order valence-corrected chi connectivity index (χ4v) is 7.42. The Morgan fingerprint density at radius 2 is 0.682 bits per heavy atom. The van der Waals surface area contributed by atoms with E-state index in [2.05, 4.69) is 58.2 Å². The van der Waals surface area contributed by atoms with Gasteiger partial charge in [0.05, 0.1) is 0 Å². The molecule has 0 atom stereocenters. The minimum absolute atomic E-state index is 0. The fraction of sp³-hybridized carbons (Fsp3) is 0.750. The number of rotatable bonds is 11. The van der Waals surface area contributed by atoms with Gasteiger partial charge in [-0.3, -0.25) is 0 Å². The van der Waals surface area contributed by atoms with Crippen LogP contribution in [-0.2, 0) is 47.2 Å². The van der Waals surface area contributed by atoms with E-state index in [0.717, 1.165) is 24.9 Å². The Morgan fingerprint density at radius 3 is 0.955 bits per heavy atom. The van der Waals surface area contributed by atoms with Gasteiger partial charge in [-0.25, -0.2) is 9.13 Å². The van der Waals surface area contributed by atoms with E-state index in [9.17, 15) is 0 Å². The molecule has 4 aliphatic carbocycles. The summed E-state index contributed by atoms with van der Waals surface area (Å²) in [6.45, 7) is 2.31. The molecule has 0 radical (unpaired) electrons. The maximum Gasteiger partial charge on any atom is 0.169 e. The minimum atomic E-state index is 0. The van der Waals surface area contributed by atoms with Gasteiger partial charge in [-0.05, 0) is 35.8 Å². The van der Waals surface area contributed by atoms with Gasteiger partial charge >= 0.3 is 0 Å². The SMILES string of the molecule is C.C.C1CCCC1.C1CCCC1.[Fe].[Fe].c1c[n+](CCCCC2CCCC2)ccc1-c1cc[n+](CCCCC2CCCC2)cc1. The monoisotopic (exact) mass is 690 g/mol. The summed E-state index contributed by atoms with van der Waals surface area (Å²) in [4.78, 5) is 0. The molecule has 6 rings (SSSR count). The van der Waals surface area contributed by atoms with Crippen molar-refractivity contribution >= 4 is 0 Å². The molecule has 2 aromatic rings. The molecule has 0 saturated heterocycles. The van der Waals surface area contributed by atoms with Crippen molar-refractivity contribution in [2.75, 3.05) is 0 Å². The summed E-state index contributed by atoms with van der Waals surface area (Å²) in [7, 11) is 0. The third-order valence-electron chi connectivity index (χ3n) is 10.1. The number of nitrogens with zero attached hydrogens (tertiary/aromatic N) is 2. The number of unbranched alkanes of at least 4 members (excludes halogenated alkanes) is 2. The average Bonchev–Trinajstić information content (AvgIpc) is 3.84. The quantitative estimate of drug-likeness (QED) is 0.126. The summed E-state index contributed by atoms with van der Waals surface area (Å²) in [6.07, 6.45) is 44.2. The molecule has 0 amide bonds. The number of hydrogen-bond acceptors (Lipinski definition) is 0. The summed E-state index contributed by atoms with van der Waals surface area (Å²) < 4.78 is 4.71. The van der Waals surface area contributed by atoms with Gasteiger partial charge in [0.1, 0.15) is 13.1 Å². The number of hydrogen-bond donors (Lipinski definition) is 0. The normalized spacial score (nSPS) is 17.5. The second kappa shape index (κ2) is 27.5. The van der Waals surface area contributed by atoms with Crippen LogP contribution < -0.4 is 9.13 Å². The molecular weight excluding hydrogens is 620 g/mol. The molecule has 4 fully saturated rings. The molecule has 4 aliphatic rings. The van der Waals surface area contributed by atoms with Crippen LogP contribution in [0.1, 0.15) is 169 Å². The minimum Gasteiger partial charge on any atom is -0.205 e. The molecule has 2 heterocycles. The van der Waals surface area contributed by atoms with Crippen LogP contribution in [0.4, 0.5) is 0 Å². The van der Waals surface area contributed by atoms with Crippen LogP contribution in [0.5, 0.6) is 0 Å². The number of aromatic nitrogens is 2. The number of aryl methyl sites for hydroxylation is 2. The first-order chi connectivity index (χ1) is 19.9. The summed E-state index contributed by atoms with van der Waals surface area (Å²) in [5, 5.41) is 0.